The zero-order valence-corrected chi connectivity index (χ0v) is 12.1. The smallest absolute Gasteiger partial charge is 0.239 e. The first-order chi connectivity index (χ1) is 9.56. The van der Waals surface area contributed by atoms with E-state index >= 15 is 0 Å². The molecule has 1 aromatic carbocycles. The highest BCUT2D eigenvalue weighted by Crippen LogP contribution is 2.14. The molecular formula is C16H20N2O2. The van der Waals surface area contributed by atoms with Gasteiger partial charge in [0.25, 0.3) is 0 Å². The Kier molecular flexibility index (Phi) is 4.45. The second kappa shape index (κ2) is 6.28. The zero-order valence-electron chi connectivity index (χ0n) is 12.1. The summed E-state index contributed by atoms with van der Waals surface area (Å²) in [6, 6.07) is 9.59. The number of amides is 1. The minimum absolute atomic E-state index is 0.0628. The summed E-state index contributed by atoms with van der Waals surface area (Å²) in [7, 11) is 0. The van der Waals surface area contributed by atoms with Gasteiger partial charge in [0, 0.05) is 5.69 Å². The van der Waals surface area contributed by atoms with Gasteiger partial charge in [0.1, 0.15) is 5.76 Å². The molecule has 1 heterocycles. The maximum Gasteiger partial charge on any atom is 0.239 e. The van der Waals surface area contributed by atoms with Gasteiger partial charge >= 0.3 is 0 Å². The van der Waals surface area contributed by atoms with Crippen molar-refractivity contribution in [1.82, 2.24) is 5.32 Å². The fourth-order valence-electron chi connectivity index (χ4n) is 1.94. The Labute approximate surface area is 119 Å². The molecule has 0 aliphatic heterocycles. The van der Waals surface area contributed by atoms with Crippen molar-refractivity contribution in [3.8, 4) is 0 Å². The van der Waals surface area contributed by atoms with E-state index in [4.69, 9.17) is 4.42 Å². The summed E-state index contributed by atoms with van der Waals surface area (Å²) in [6.07, 6.45) is 1.60. The van der Waals surface area contributed by atoms with Crippen LogP contribution in [0.25, 0.3) is 0 Å². The topological polar surface area (TPSA) is 54.3 Å². The molecule has 106 valence electrons. The molecule has 0 spiro atoms. The van der Waals surface area contributed by atoms with E-state index in [1.807, 2.05) is 37.3 Å². The van der Waals surface area contributed by atoms with Crippen molar-refractivity contribution < 1.29 is 9.21 Å². The molecule has 0 radical (unpaired) electrons. The molecule has 1 amide bonds. The molecule has 1 atom stereocenters. The summed E-state index contributed by atoms with van der Waals surface area (Å²) < 4.78 is 5.25. The van der Waals surface area contributed by atoms with Gasteiger partial charge in [0.2, 0.25) is 5.91 Å². The van der Waals surface area contributed by atoms with Gasteiger partial charge in [-0.15, -0.1) is 0 Å². The van der Waals surface area contributed by atoms with E-state index in [-0.39, 0.29) is 18.5 Å². The van der Waals surface area contributed by atoms with Crippen LogP contribution in [0.15, 0.2) is 41.0 Å². The Balaban J connectivity index is 1.84. The lowest BCUT2D eigenvalue weighted by molar-refractivity contribution is -0.120. The predicted octanol–water partition coefficient (Wildman–Crippen LogP) is 3.19. The number of benzene rings is 1. The van der Waals surface area contributed by atoms with Crippen LogP contribution in [0, 0.1) is 13.8 Å². The summed E-state index contributed by atoms with van der Waals surface area (Å²) in [4.78, 5) is 11.9. The summed E-state index contributed by atoms with van der Waals surface area (Å²) in [6.45, 7) is 6.26. The van der Waals surface area contributed by atoms with E-state index in [2.05, 4.69) is 24.5 Å². The summed E-state index contributed by atoms with van der Waals surface area (Å²) in [5.74, 6) is 0.691. The molecule has 2 rings (SSSR count). The van der Waals surface area contributed by atoms with Crippen LogP contribution < -0.4 is 10.6 Å². The molecule has 0 aliphatic rings. The van der Waals surface area contributed by atoms with Crippen LogP contribution in [-0.2, 0) is 4.79 Å². The first-order valence-corrected chi connectivity index (χ1v) is 6.70. The minimum atomic E-state index is -0.126. The molecule has 0 fully saturated rings. The molecule has 1 unspecified atom stereocenters. The van der Waals surface area contributed by atoms with Gasteiger partial charge in [-0.25, -0.2) is 0 Å². The lowest BCUT2D eigenvalue weighted by Gasteiger charge is -2.13. The zero-order chi connectivity index (χ0) is 14.5. The lowest BCUT2D eigenvalue weighted by Crippen LogP contribution is -2.31. The standard InChI is InChI=1S/C16H20N2O2/c1-11-6-7-14(9-12(11)2)17-10-16(19)18-13(3)15-5-4-8-20-15/h4-9,13,17H,10H2,1-3H3,(H,18,19). The molecule has 0 bridgehead atoms. The number of hydrogen-bond donors (Lipinski definition) is 2. The van der Waals surface area contributed by atoms with Gasteiger partial charge in [-0.3, -0.25) is 4.79 Å². The molecule has 2 aromatic rings. The maximum atomic E-state index is 11.9. The van der Waals surface area contributed by atoms with E-state index in [0.29, 0.717) is 0 Å². The van der Waals surface area contributed by atoms with Gasteiger partial charge in [-0.2, -0.15) is 0 Å². The predicted molar refractivity (Wildman–Crippen MR) is 79.7 cm³/mol. The van der Waals surface area contributed by atoms with Crippen molar-refractivity contribution >= 4 is 11.6 Å². The van der Waals surface area contributed by atoms with Crippen LogP contribution >= 0.6 is 0 Å². The van der Waals surface area contributed by atoms with Crippen molar-refractivity contribution in [2.24, 2.45) is 0 Å². The van der Waals surface area contributed by atoms with Crippen LogP contribution in [0.5, 0.6) is 0 Å². The summed E-state index contributed by atoms with van der Waals surface area (Å²) in [5, 5.41) is 6.00. The Hall–Kier alpha value is -2.23. The number of carbonyl (C=O) groups is 1. The van der Waals surface area contributed by atoms with Crippen LogP contribution in [0.1, 0.15) is 29.9 Å². The average Bonchev–Trinajstić information content (AvgIpc) is 2.94. The second-order valence-electron chi connectivity index (χ2n) is 4.96. The van der Waals surface area contributed by atoms with E-state index in [1.165, 1.54) is 11.1 Å². The van der Waals surface area contributed by atoms with Gasteiger partial charge in [-0.1, -0.05) is 6.07 Å². The Morgan fingerprint density at radius 1 is 1.25 bits per heavy atom. The quantitative estimate of drug-likeness (QED) is 0.879. The number of anilines is 1. The fraction of sp³-hybridized carbons (Fsp3) is 0.312. The largest absolute Gasteiger partial charge is 0.467 e. The van der Waals surface area contributed by atoms with Gasteiger partial charge in [-0.05, 0) is 56.2 Å². The van der Waals surface area contributed by atoms with E-state index in [0.717, 1.165) is 11.4 Å². The third kappa shape index (κ3) is 3.63. The number of nitrogens with one attached hydrogen (secondary N) is 2. The van der Waals surface area contributed by atoms with Crippen molar-refractivity contribution in [2.45, 2.75) is 26.8 Å². The first kappa shape index (κ1) is 14.2. The molecule has 1 aromatic heterocycles. The Morgan fingerprint density at radius 2 is 2.05 bits per heavy atom. The fourth-order valence-corrected chi connectivity index (χ4v) is 1.94. The highest BCUT2D eigenvalue weighted by Gasteiger charge is 2.11. The van der Waals surface area contributed by atoms with Gasteiger partial charge in [0.15, 0.2) is 0 Å². The van der Waals surface area contributed by atoms with Crippen molar-refractivity contribution in [1.29, 1.82) is 0 Å². The average molecular weight is 272 g/mol. The molecule has 0 aliphatic carbocycles. The molecule has 0 saturated heterocycles. The van der Waals surface area contributed by atoms with Crippen molar-refractivity contribution in [3.05, 3.63) is 53.5 Å². The molecule has 4 heteroatoms. The monoisotopic (exact) mass is 272 g/mol. The molecule has 0 saturated carbocycles. The van der Waals surface area contributed by atoms with Crippen molar-refractivity contribution in [3.63, 3.8) is 0 Å². The molecule has 4 nitrogen and oxygen atoms in total. The summed E-state index contributed by atoms with van der Waals surface area (Å²) in [5.41, 5.74) is 3.40. The SMILES string of the molecule is Cc1ccc(NCC(=O)NC(C)c2ccco2)cc1C. The van der Waals surface area contributed by atoms with Crippen LogP contribution in [0.2, 0.25) is 0 Å². The number of furan rings is 1. The Morgan fingerprint density at radius 3 is 2.70 bits per heavy atom. The van der Waals surface area contributed by atoms with Crippen LogP contribution in [0.3, 0.4) is 0 Å². The highest BCUT2D eigenvalue weighted by atomic mass is 16.3. The third-order valence-corrected chi connectivity index (χ3v) is 3.31. The van der Waals surface area contributed by atoms with E-state index in [9.17, 15) is 4.79 Å². The number of hydrogen-bond acceptors (Lipinski definition) is 3. The first-order valence-electron chi connectivity index (χ1n) is 6.70. The third-order valence-electron chi connectivity index (χ3n) is 3.31. The van der Waals surface area contributed by atoms with Crippen LogP contribution in [0.4, 0.5) is 5.69 Å². The van der Waals surface area contributed by atoms with Crippen molar-refractivity contribution in [2.75, 3.05) is 11.9 Å². The Bertz CT molecular complexity index is 576. The van der Waals surface area contributed by atoms with Gasteiger partial charge < -0.3 is 15.1 Å². The molecular weight excluding hydrogens is 252 g/mol. The van der Waals surface area contributed by atoms with E-state index in [1.54, 1.807) is 6.26 Å². The van der Waals surface area contributed by atoms with E-state index < -0.39 is 0 Å². The number of rotatable bonds is 5. The molecule has 2 N–H and O–H groups in total. The highest BCUT2D eigenvalue weighted by molar-refractivity contribution is 5.81. The second-order valence-corrected chi connectivity index (χ2v) is 4.96. The summed E-state index contributed by atoms with van der Waals surface area (Å²) >= 11 is 0. The minimum Gasteiger partial charge on any atom is -0.467 e. The van der Waals surface area contributed by atoms with Gasteiger partial charge in [0.05, 0.1) is 18.8 Å². The molecule has 20 heavy (non-hydrogen) atoms. The number of carbonyl (C=O) groups excluding carboxylic acids is 1. The van der Waals surface area contributed by atoms with Crippen LogP contribution in [-0.4, -0.2) is 12.5 Å². The normalized spacial score (nSPS) is 11.9. The maximum absolute atomic E-state index is 11.9. The number of aryl methyl sites for hydroxylation is 2. The lowest BCUT2D eigenvalue weighted by atomic mass is 10.1.